The van der Waals surface area contributed by atoms with Crippen LogP contribution in [0.25, 0.3) is 0 Å². The van der Waals surface area contributed by atoms with Crippen molar-refractivity contribution in [1.29, 1.82) is 0 Å². The molecule has 106 valence electrons. The monoisotopic (exact) mass is 277 g/mol. The van der Waals surface area contributed by atoms with Gasteiger partial charge >= 0.3 is 12.0 Å². The molecule has 0 aromatic heterocycles. The second kappa shape index (κ2) is 6.05. The Hall–Kier alpha value is -2.57. The summed E-state index contributed by atoms with van der Waals surface area (Å²) in [6, 6.07) is 5.96. The van der Waals surface area contributed by atoms with Crippen molar-refractivity contribution in [2.75, 3.05) is 11.9 Å². The highest BCUT2D eigenvalue weighted by atomic mass is 16.4. The van der Waals surface area contributed by atoms with Gasteiger partial charge in [-0.05, 0) is 17.7 Å². The van der Waals surface area contributed by atoms with Gasteiger partial charge in [0.25, 0.3) is 0 Å². The molecule has 7 nitrogen and oxygen atoms in total. The smallest absolute Gasteiger partial charge is 0.319 e. The van der Waals surface area contributed by atoms with Gasteiger partial charge < -0.3 is 21.1 Å². The standard InChI is InChI=1S/C13H15N3O4/c17-11-6-10(7-14-11)16-13(20)15-9-3-1-8(2-4-9)5-12(18)19/h1-4,10H,5-7H2,(H,14,17)(H,18,19)(H2,15,16,20). The first-order chi connectivity index (χ1) is 9.52. The van der Waals surface area contributed by atoms with E-state index in [1.807, 2.05) is 0 Å². The van der Waals surface area contributed by atoms with Crippen LogP contribution < -0.4 is 16.0 Å². The molecule has 4 N–H and O–H groups in total. The van der Waals surface area contributed by atoms with Crippen LogP contribution in [0.1, 0.15) is 12.0 Å². The van der Waals surface area contributed by atoms with E-state index in [-0.39, 0.29) is 24.8 Å². The highest BCUT2D eigenvalue weighted by Gasteiger charge is 2.22. The molecule has 1 saturated heterocycles. The lowest BCUT2D eigenvalue weighted by Gasteiger charge is -2.11. The molecule has 1 fully saturated rings. The Morgan fingerprint density at radius 1 is 1.30 bits per heavy atom. The topological polar surface area (TPSA) is 108 Å². The van der Waals surface area contributed by atoms with Gasteiger partial charge in [-0.3, -0.25) is 9.59 Å². The second-order valence-corrected chi connectivity index (χ2v) is 4.57. The minimum absolute atomic E-state index is 0.0532. The molecule has 0 radical (unpaired) electrons. The lowest BCUT2D eigenvalue weighted by Crippen LogP contribution is -2.39. The number of amides is 3. The number of nitrogens with one attached hydrogen (secondary N) is 3. The zero-order valence-electron chi connectivity index (χ0n) is 10.7. The summed E-state index contributed by atoms with van der Waals surface area (Å²) >= 11 is 0. The molecule has 2 rings (SSSR count). The van der Waals surface area contributed by atoms with Gasteiger partial charge in [0.05, 0.1) is 12.5 Å². The van der Waals surface area contributed by atoms with Gasteiger partial charge in [0.2, 0.25) is 5.91 Å². The molecule has 0 bridgehead atoms. The van der Waals surface area contributed by atoms with Crippen LogP contribution in [-0.2, 0) is 16.0 Å². The summed E-state index contributed by atoms with van der Waals surface area (Å²) in [5.41, 5.74) is 1.22. The van der Waals surface area contributed by atoms with E-state index in [0.717, 1.165) is 0 Å². The Morgan fingerprint density at radius 3 is 2.55 bits per heavy atom. The van der Waals surface area contributed by atoms with E-state index in [1.165, 1.54) is 0 Å². The lowest BCUT2D eigenvalue weighted by molar-refractivity contribution is -0.136. The van der Waals surface area contributed by atoms with Crippen LogP contribution in [0.5, 0.6) is 0 Å². The van der Waals surface area contributed by atoms with Crippen molar-refractivity contribution < 1.29 is 19.5 Å². The van der Waals surface area contributed by atoms with Crippen molar-refractivity contribution in [3.05, 3.63) is 29.8 Å². The number of carboxylic acid groups (broad SMARTS) is 1. The molecule has 1 aromatic rings. The molecular formula is C13H15N3O4. The zero-order valence-corrected chi connectivity index (χ0v) is 10.7. The Bertz CT molecular complexity index is 527. The fourth-order valence-corrected chi connectivity index (χ4v) is 1.94. The maximum absolute atomic E-state index is 11.7. The fraction of sp³-hybridized carbons (Fsp3) is 0.308. The summed E-state index contributed by atoms with van der Waals surface area (Å²) in [5, 5.41) is 16.6. The summed E-state index contributed by atoms with van der Waals surface area (Å²) in [6.07, 6.45) is 0.229. The highest BCUT2D eigenvalue weighted by molar-refractivity contribution is 5.90. The molecular weight excluding hydrogens is 262 g/mol. The summed E-state index contributed by atoms with van der Waals surface area (Å²) in [7, 11) is 0. The van der Waals surface area contributed by atoms with Crippen molar-refractivity contribution in [2.45, 2.75) is 18.9 Å². The van der Waals surface area contributed by atoms with Gasteiger partial charge in [0, 0.05) is 18.7 Å². The summed E-state index contributed by atoms with van der Waals surface area (Å²) in [5.74, 6) is -0.977. The largest absolute Gasteiger partial charge is 0.481 e. The van der Waals surface area contributed by atoms with Crippen molar-refractivity contribution in [3.8, 4) is 0 Å². The van der Waals surface area contributed by atoms with Crippen LogP contribution in [0.4, 0.5) is 10.5 Å². The SMILES string of the molecule is O=C(O)Cc1ccc(NC(=O)NC2CNC(=O)C2)cc1. The molecule has 1 aromatic carbocycles. The highest BCUT2D eigenvalue weighted by Crippen LogP contribution is 2.10. The Labute approximate surface area is 115 Å². The summed E-state index contributed by atoms with van der Waals surface area (Å²) < 4.78 is 0. The van der Waals surface area contributed by atoms with E-state index in [4.69, 9.17) is 5.11 Å². The molecule has 1 atom stereocenters. The quantitative estimate of drug-likeness (QED) is 0.635. The van der Waals surface area contributed by atoms with E-state index in [0.29, 0.717) is 17.8 Å². The zero-order chi connectivity index (χ0) is 14.5. The minimum atomic E-state index is -0.901. The van der Waals surface area contributed by atoms with Crippen molar-refractivity contribution in [2.24, 2.45) is 0 Å². The molecule has 7 heteroatoms. The lowest BCUT2D eigenvalue weighted by atomic mass is 10.1. The van der Waals surface area contributed by atoms with E-state index >= 15 is 0 Å². The van der Waals surface area contributed by atoms with Crippen molar-refractivity contribution >= 4 is 23.6 Å². The van der Waals surface area contributed by atoms with Crippen LogP contribution in [0.15, 0.2) is 24.3 Å². The number of carboxylic acids is 1. The van der Waals surface area contributed by atoms with Crippen LogP contribution in [0.2, 0.25) is 0 Å². The van der Waals surface area contributed by atoms with E-state index in [2.05, 4.69) is 16.0 Å². The van der Waals surface area contributed by atoms with Gasteiger partial charge in [0.1, 0.15) is 0 Å². The number of benzene rings is 1. The number of anilines is 1. The molecule has 1 unspecified atom stereocenters. The number of carbonyl (C=O) groups is 3. The maximum Gasteiger partial charge on any atom is 0.319 e. The van der Waals surface area contributed by atoms with Gasteiger partial charge in [0.15, 0.2) is 0 Å². The Morgan fingerprint density at radius 2 is 2.00 bits per heavy atom. The van der Waals surface area contributed by atoms with Gasteiger partial charge in [-0.1, -0.05) is 12.1 Å². The summed E-state index contributed by atoms with van der Waals surface area (Å²) in [6.45, 7) is 0.434. The predicted octanol–water partition coefficient (Wildman–Crippen LogP) is 0.324. The molecule has 0 saturated carbocycles. The Balaban J connectivity index is 1.84. The van der Waals surface area contributed by atoms with E-state index in [9.17, 15) is 14.4 Å². The van der Waals surface area contributed by atoms with Crippen LogP contribution in [-0.4, -0.2) is 35.6 Å². The predicted molar refractivity (Wildman–Crippen MR) is 71.4 cm³/mol. The normalized spacial score (nSPS) is 17.4. The van der Waals surface area contributed by atoms with Crippen LogP contribution in [0, 0.1) is 0 Å². The summed E-state index contributed by atoms with van der Waals surface area (Å²) in [4.78, 5) is 33.2. The minimum Gasteiger partial charge on any atom is -0.481 e. The molecule has 3 amide bonds. The average Bonchev–Trinajstić information content (AvgIpc) is 2.76. The third-order valence-corrected chi connectivity index (χ3v) is 2.88. The number of carbonyl (C=O) groups excluding carboxylic acids is 2. The first-order valence-electron chi connectivity index (χ1n) is 6.18. The molecule has 0 aliphatic carbocycles. The number of hydrogen-bond donors (Lipinski definition) is 4. The van der Waals surface area contributed by atoms with E-state index in [1.54, 1.807) is 24.3 Å². The van der Waals surface area contributed by atoms with Gasteiger partial charge in [-0.25, -0.2) is 4.79 Å². The van der Waals surface area contributed by atoms with Gasteiger partial charge in [-0.15, -0.1) is 0 Å². The number of hydrogen-bond acceptors (Lipinski definition) is 3. The maximum atomic E-state index is 11.7. The molecule has 1 aliphatic heterocycles. The molecule has 1 heterocycles. The first-order valence-corrected chi connectivity index (χ1v) is 6.18. The van der Waals surface area contributed by atoms with Crippen LogP contribution in [0.3, 0.4) is 0 Å². The molecule has 1 aliphatic rings. The fourth-order valence-electron chi connectivity index (χ4n) is 1.94. The van der Waals surface area contributed by atoms with Crippen molar-refractivity contribution in [3.63, 3.8) is 0 Å². The third kappa shape index (κ3) is 3.98. The number of aliphatic carboxylic acids is 1. The van der Waals surface area contributed by atoms with Gasteiger partial charge in [-0.2, -0.15) is 0 Å². The number of rotatable bonds is 4. The van der Waals surface area contributed by atoms with Crippen LogP contribution >= 0.6 is 0 Å². The third-order valence-electron chi connectivity index (χ3n) is 2.88. The molecule has 0 spiro atoms. The molecule has 20 heavy (non-hydrogen) atoms. The average molecular weight is 277 g/mol. The van der Waals surface area contributed by atoms with E-state index < -0.39 is 12.0 Å². The first kappa shape index (κ1) is 13.9. The Kier molecular flexibility index (Phi) is 4.19. The van der Waals surface area contributed by atoms with Crippen molar-refractivity contribution in [1.82, 2.24) is 10.6 Å². The number of urea groups is 1. The second-order valence-electron chi connectivity index (χ2n) is 4.57.